The summed E-state index contributed by atoms with van der Waals surface area (Å²) in [7, 11) is -3.82. The van der Waals surface area contributed by atoms with E-state index in [0.29, 0.717) is 17.0 Å². The van der Waals surface area contributed by atoms with E-state index >= 15 is 0 Å². The lowest BCUT2D eigenvalue weighted by Crippen LogP contribution is -2.40. The zero-order valence-electron chi connectivity index (χ0n) is 14.1. The largest absolute Gasteiger partial charge is 0.627 e. The summed E-state index contributed by atoms with van der Waals surface area (Å²) in [5, 5.41) is 10.9. The number of rotatable bonds is 3. The molecule has 3 aromatic rings. The molecule has 7 heteroatoms. The molecule has 1 heterocycles. The van der Waals surface area contributed by atoms with Crippen molar-refractivity contribution in [3.8, 4) is 5.75 Å². The Balaban J connectivity index is 1.83. The van der Waals surface area contributed by atoms with E-state index in [9.17, 15) is 14.4 Å². The van der Waals surface area contributed by atoms with Gasteiger partial charge in [-0.15, -0.1) is 0 Å². The first kappa shape index (κ1) is 18.2. The summed E-state index contributed by atoms with van der Waals surface area (Å²) < 4.78 is 21.0. The number of aliphatic hydroxyl groups excluding tert-OH is 1. The molecule has 0 fully saturated rings. The van der Waals surface area contributed by atoms with E-state index in [1.165, 1.54) is 22.9 Å². The van der Waals surface area contributed by atoms with Gasteiger partial charge in [-0.05, 0) is 24.3 Å². The van der Waals surface area contributed by atoms with Gasteiger partial charge in [0.2, 0.25) is 5.85 Å². The van der Waals surface area contributed by atoms with E-state index in [0.717, 1.165) is 5.56 Å². The molecule has 1 aliphatic rings. The maximum Gasteiger partial charge on any atom is 0.280 e. The molecule has 0 aliphatic carbocycles. The van der Waals surface area contributed by atoms with Crippen molar-refractivity contribution in [3.63, 3.8) is 0 Å². The Morgan fingerprint density at radius 1 is 1.07 bits per heavy atom. The lowest BCUT2D eigenvalue weighted by atomic mass is 10.2. The van der Waals surface area contributed by atoms with Crippen LogP contribution in [0.4, 0.5) is 10.1 Å². The summed E-state index contributed by atoms with van der Waals surface area (Å²) in [5.41, 5.74) is 1.69. The van der Waals surface area contributed by atoms with E-state index < -0.39 is 19.5 Å². The SMILES string of the molecule is [O-][P+]1(C(O)c2ccccc2)Oc2ccccc2CN1c1ccc(F)c(Cl)c1. The zero-order valence-corrected chi connectivity index (χ0v) is 15.8. The van der Waals surface area contributed by atoms with E-state index in [1.807, 2.05) is 12.1 Å². The molecule has 0 aromatic heterocycles. The number of hydrogen-bond acceptors (Lipinski definition) is 4. The van der Waals surface area contributed by atoms with Crippen molar-refractivity contribution in [2.24, 2.45) is 0 Å². The van der Waals surface area contributed by atoms with Crippen LogP contribution in [0.25, 0.3) is 0 Å². The molecule has 138 valence electrons. The first-order valence-electron chi connectivity index (χ1n) is 8.32. The number of halogens is 2. The average Bonchev–Trinajstić information content (AvgIpc) is 2.69. The van der Waals surface area contributed by atoms with Gasteiger partial charge in [-0.2, -0.15) is 0 Å². The van der Waals surface area contributed by atoms with Crippen LogP contribution in [-0.4, -0.2) is 5.11 Å². The van der Waals surface area contributed by atoms with Crippen molar-refractivity contribution in [2.45, 2.75) is 12.4 Å². The van der Waals surface area contributed by atoms with Gasteiger partial charge in [0.15, 0.2) is 5.75 Å². The summed E-state index contributed by atoms with van der Waals surface area (Å²) in [4.78, 5) is 13.9. The molecule has 0 spiro atoms. The predicted molar refractivity (Wildman–Crippen MR) is 103 cm³/mol. The minimum Gasteiger partial charge on any atom is -0.627 e. The van der Waals surface area contributed by atoms with Crippen LogP contribution in [0.2, 0.25) is 5.02 Å². The van der Waals surface area contributed by atoms with Crippen LogP contribution in [0.5, 0.6) is 5.75 Å². The molecule has 0 saturated carbocycles. The van der Waals surface area contributed by atoms with Crippen molar-refractivity contribution >= 4 is 25.2 Å². The number of aliphatic hydroxyl groups is 1. The molecule has 2 unspecified atom stereocenters. The van der Waals surface area contributed by atoms with E-state index in [-0.39, 0.29) is 11.6 Å². The van der Waals surface area contributed by atoms with Gasteiger partial charge in [-0.25, -0.2) is 9.06 Å². The molecule has 4 rings (SSSR count). The second-order valence-corrected chi connectivity index (χ2v) is 8.89. The lowest BCUT2D eigenvalue weighted by molar-refractivity contribution is -0.196. The standard InChI is InChI=1S/C20H16ClFNO3P/c21-17-12-16(10-11-18(17)22)23-13-15-8-4-5-9-19(15)26-27(23,25)20(24)14-6-2-1-3-7-14/h1-12,20,24H,13H2. The highest BCUT2D eigenvalue weighted by Gasteiger charge is 2.50. The molecule has 4 nitrogen and oxygen atoms in total. The highest BCUT2D eigenvalue weighted by Crippen LogP contribution is 2.68. The van der Waals surface area contributed by atoms with Crippen molar-refractivity contribution < 1.29 is 18.9 Å². The third-order valence-electron chi connectivity index (χ3n) is 4.47. The monoisotopic (exact) mass is 403 g/mol. The predicted octanol–water partition coefficient (Wildman–Crippen LogP) is 4.69. The first-order chi connectivity index (χ1) is 13.0. The Bertz CT molecular complexity index is 974. The second-order valence-electron chi connectivity index (χ2n) is 6.20. The van der Waals surface area contributed by atoms with Crippen LogP contribution in [-0.2, 0) is 6.54 Å². The van der Waals surface area contributed by atoms with Crippen molar-refractivity contribution in [2.75, 3.05) is 4.67 Å². The molecule has 3 aromatic carbocycles. The van der Waals surface area contributed by atoms with Crippen LogP contribution in [0, 0.1) is 5.82 Å². The Labute approximate surface area is 162 Å². The Kier molecular flexibility index (Phi) is 4.79. The zero-order chi connectivity index (χ0) is 19.0. The highest BCUT2D eigenvalue weighted by molar-refractivity contribution is 7.66. The van der Waals surface area contributed by atoms with Gasteiger partial charge in [0, 0.05) is 11.1 Å². The molecule has 2 atom stereocenters. The van der Waals surface area contributed by atoms with Crippen molar-refractivity contribution in [1.82, 2.24) is 0 Å². The Hall–Kier alpha value is -2.17. The molecular formula is C20H16ClFNO3P. The normalized spacial score (nSPS) is 19.9. The van der Waals surface area contributed by atoms with Crippen molar-refractivity contribution in [1.29, 1.82) is 0 Å². The maximum absolute atomic E-state index is 13.9. The van der Waals surface area contributed by atoms with Crippen LogP contribution in [0.3, 0.4) is 0 Å². The molecule has 1 N–H and O–H groups in total. The first-order valence-corrected chi connectivity index (χ1v) is 10.3. The van der Waals surface area contributed by atoms with Crippen molar-refractivity contribution in [3.05, 3.63) is 94.8 Å². The fourth-order valence-electron chi connectivity index (χ4n) is 3.07. The third-order valence-corrected chi connectivity index (χ3v) is 7.18. The summed E-state index contributed by atoms with van der Waals surface area (Å²) in [6, 6.07) is 19.9. The molecule has 0 amide bonds. The fourth-order valence-corrected chi connectivity index (χ4v) is 5.51. The number of para-hydroxylation sites is 1. The van der Waals surface area contributed by atoms with Gasteiger partial charge < -0.3 is 14.5 Å². The van der Waals surface area contributed by atoms with Gasteiger partial charge in [-0.1, -0.05) is 60.1 Å². The van der Waals surface area contributed by atoms with Crippen LogP contribution < -0.4 is 14.1 Å². The van der Waals surface area contributed by atoms with Crippen LogP contribution >= 0.6 is 19.5 Å². The fraction of sp³-hybridized carbons (Fsp3) is 0.100. The number of fused-ring (bicyclic) bond motifs is 1. The van der Waals surface area contributed by atoms with Crippen LogP contribution in [0.1, 0.15) is 17.0 Å². The van der Waals surface area contributed by atoms with E-state index in [2.05, 4.69) is 0 Å². The lowest BCUT2D eigenvalue weighted by Gasteiger charge is -2.44. The third kappa shape index (κ3) is 3.28. The van der Waals surface area contributed by atoms with E-state index in [4.69, 9.17) is 16.1 Å². The molecule has 27 heavy (non-hydrogen) atoms. The van der Waals surface area contributed by atoms with Gasteiger partial charge in [0.1, 0.15) is 5.82 Å². The molecule has 0 radical (unpaired) electrons. The van der Waals surface area contributed by atoms with Gasteiger partial charge in [0.05, 0.1) is 17.3 Å². The summed E-state index contributed by atoms with van der Waals surface area (Å²) in [6.45, 7) is 0.235. The van der Waals surface area contributed by atoms with Gasteiger partial charge >= 0.3 is 0 Å². The number of nitrogens with zero attached hydrogens (tertiary/aromatic N) is 1. The topological polar surface area (TPSA) is 55.8 Å². The van der Waals surface area contributed by atoms with Gasteiger partial charge in [-0.3, -0.25) is 0 Å². The average molecular weight is 404 g/mol. The minimum atomic E-state index is -3.82. The van der Waals surface area contributed by atoms with Gasteiger partial charge in [0.25, 0.3) is 7.87 Å². The van der Waals surface area contributed by atoms with E-state index in [1.54, 1.807) is 42.5 Å². The Morgan fingerprint density at radius 2 is 1.78 bits per heavy atom. The molecule has 0 bridgehead atoms. The maximum atomic E-state index is 13.9. The summed E-state index contributed by atoms with van der Waals surface area (Å²) in [6.07, 6.45) is 0. The molecule has 0 saturated heterocycles. The molecule has 1 aliphatic heterocycles. The Morgan fingerprint density at radius 3 is 2.52 bits per heavy atom. The smallest absolute Gasteiger partial charge is 0.280 e. The molecular weight excluding hydrogens is 388 g/mol. The minimum absolute atomic E-state index is 0.0906. The van der Waals surface area contributed by atoms with Crippen LogP contribution in [0.15, 0.2) is 72.8 Å². The highest BCUT2D eigenvalue weighted by atomic mass is 35.5. The quantitative estimate of drug-likeness (QED) is 0.644. The summed E-state index contributed by atoms with van der Waals surface area (Å²) >= 11 is 5.93. The number of hydrogen-bond donors (Lipinski definition) is 1. The number of benzene rings is 3. The summed E-state index contributed by atoms with van der Waals surface area (Å²) in [5.74, 6) is -1.49. The number of anilines is 1. The second kappa shape index (κ2) is 7.10.